The van der Waals surface area contributed by atoms with Crippen LogP contribution in [0.5, 0.6) is 0 Å². The Morgan fingerprint density at radius 3 is 2.43 bits per heavy atom. The van der Waals surface area contributed by atoms with Crippen LogP contribution in [-0.4, -0.2) is 43.1 Å². The Kier molecular flexibility index (Phi) is 6.65. The highest BCUT2D eigenvalue weighted by Crippen LogP contribution is 2.16. The van der Waals surface area contributed by atoms with E-state index >= 15 is 0 Å². The molecule has 14 heavy (non-hydrogen) atoms. The normalized spacial score (nSPS) is 21.9. The molecular weight excluding hydrogens is 192 g/mol. The van der Waals surface area contributed by atoms with Crippen LogP contribution in [0.2, 0.25) is 0 Å². The maximum Gasteiger partial charge on any atom is 0.00722 e. The fourth-order valence-electron chi connectivity index (χ4n) is 2.14. The highest BCUT2D eigenvalue weighted by molar-refractivity contribution is 7.98. The van der Waals surface area contributed by atoms with Gasteiger partial charge >= 0.3 is 0 Å². The Labute approximate surface area is 92.6 Å². The zero-order chi connectivity index (χ0) is 10.2. The van der Waals surface area contributed by atoms with Crippen molar-refractivity contribution in [2.75, 3.05) is 38.2 Å². The van der Waals surface area contributed by atoms with E-state index in [0.717, 1.165) is 12.5 Å². The minimum atomic E-state index is 0.803. The Hall–Kier alpha value is 0.270. The van der Waals surface area contributed by atoms with Gasteiger partial charge in [-0.25, -0.2) is 0 Å². The number of thioether (sulfide) groups is 1. The Morgan fingerprint density at radius 2 is 1.93 bits per heavy atom. The molecule has 1 heterocycles. The summed E-state index contributed by atoms with van der Waals surface area (Å²) in [4.78, 5) is 2.61. The molecule has 0 aromatic rings. The highest BCUT2D eigenvalue weighted by Gasteiger charge is 2.13. The Bertz CT molecular complexity index is 131. The predicted octanol–water partition coefficient (Wildman–Crippen LogP) is 1.80. The van der Waals surface area contributed by atoms with Crippen molar-refractivity contribution in [1.82, 2.24) is 4.90 Å². The first-order valence-corrected chi connectivity index (χ1v) is 7.17. The summed E-state index contributed by atoms with van der Waals surface area (Å²) in [5, 5.41) is 0. The molecule has 0 spiro atoms. The molecule has 1 rings (SSSR count). The molecule has 0 radical (unpaired) electrons. The van der Waals surface area contributed by atoms with Gasteiger partial charge in [0.25, 0.3) is 0 Å². The molecule has 1 fully saturated rings. The summed E-state index contributed by atoms with van der Waals surface area (Å²) in [6, 6.07) is 0. The van der Waals surface area contributed by atoms with Crippen LogP contribution in [0.3, 0.4) is 0 Å². The summed E-state index contributed by atoms with van der Waals surface area (Å²) in [7, 11) is 0. The van der Waals surface area contributed by atoms with Gasteiger partial charge in [-0.15, -0.1) is 0 Å². The van der Waals surface area contributed by atoms with Gasteiger partial charge in [-0.3, -0.25) is 0 Å². The average molecular weight is 216 g/mol. The SMILES string of the molecule is CSCCN1CCCC(CN)CCC1. The number of hydrogen-bond acceptors (Lipinski definition) is 3. The molecule has 2 nitrogen and oxygen atoms in total. The van der Waals surface area contributed by atoms with E-state index in [1.54, 1.807) is 0 Å². The van der Waals surface area contributed by atoms with Gasteiger partial charge in [-0.1, -0.05) is 0 Å². The van der Waals surface area contributed by atoms with Crippen molar-refractivity contribution < 1.29 is 0 Å². The third-order valence-corrected chi connectivity index (χ3v) is 3.71. The van der Waals surface area contributed by atoms with Gasteiger partial charge in [-0.2, -0.15) is 11.8 Å². The van der Waals surface area contributed by atoms with Crippen LogP contribution in [-0.2, 0) is 0 Å². The van der Waals surface area contributed by atoms with Crippen LogP contribution in [0.15, 0.2) is 0 Å². The summed E-state index contributed by atoms with van der Waals surface area (Å²) in [6.45, 7) is 4.74. The molecule has 0 atom stereocenters. The van der Waals surface area contributed by atoms with Crippen LogP contribution in [0.4, 0.5) is 0 Å². The van der Waals surface area contributed by atoms with Gasteiger partial charge in [0.2, 0.25) is 0 Å². The van der Waals surface area contributed by atoms with Crippen LogP contribution < -0.4 is 5.73 Å². The van der Waals surface area contributed by atoms with Gasteiger partial charge in [-0.05, 0) is 57.5 Å². The third-order valence-electron chi connectivity index (χ3n) is 3.12. The fourth-order valence-corrected chi connectivity index (χ4v) is 2.58. The Morgan fingerprint density at radius 1 is 1.29 bits per heavy atom. The number of hydrogen-bond donors (Lipinski definition) is 1. The van der Waals surface area contributed by atoms with E-state index in [4.69, 9.17) is 5.73 Å². The average Bonchev–Trinajstić information content (AvgIpc) is 2.16. The molecule has 2 N–H and O–H groups in total. The lowest BCUT2D eigenvalue weighted by Gasteiger charge is -2.27. The van der Waals surface area contributed by atoms with Gasteiger partial charge in [0.1, 0.15) is 0 Å². The van der Waals surface area contributed by atoms with E-state index in [1.807, 2.05) is 11.8 Å². The molecule has 0 saturated carbocycles. The second-order valence-electron chi connectivity index (χ2n) is 4.22. The third kappa shape index (κ3) is 4.67. The zero-order valence-corrected chi connectivity index (χ0v) is 10.2. The first-order valence-electron chi connectivity index (χ1n) is 5.78. The lowest BCUT2D eigenvalue weighted by Crippen LogP contribution is -2.31. The van der Waals surface area contributed by atoms with Crippen molar-refractivity contribution in [3.05, 3.63) is 0 Å². The van der Waals surface area contributed by atoms with Gasteiger partial charge < -0.3 is 10.6 Å². The lowest BCUT2D eigenvalue weighted by molar-refractivity contribution is 0.237. The molecule has 3 heteroatoms. The van der Waals surface area contributed by atoms with Gasteiger partial charge in [0, 0.05) is 12.3 Å². The van der Waals surface area contributed by atoms with Gasteiger partial charge in [0.05, 0.1) is 0 Å². The maximum absolute atomic E-state index is 5.72. The summed E-state index contributed by atoms with van der Waals surface area (Å²) in [5.74, 6) is 2.08. The highest BCUT2D eigenvalue weighted by atomic mass is 32.2. The predicted molar refractivity (Wildman–Crippen MR) is 65.8 cm³/mol. The first-order chi connectivity index (χ1) is 6.86. The summed E-state index contributed by atoms with van der Waals surface area (Å²) >= 11 is 1.95. The smallest absolute Gasteiger partial charge is 0.00722 e. The molecule has 0 aromatic heterocycles. The summed E-state index contributed by atoms with van der Waals surface area (Å²) in [5.41, 5.74) is 5.72. The molecule has 0 aromatic carbocycles. The number of nitrogens with two attached hydrogens (primary N) is 1. The molecular formula is C11H24N2S. The molecule has 1 aliphatic rings. The van der Waals surface area contributed by atoms with Crippen LogP contribution in [0, 0.1) is 5.92 Å². The van der Waals surface area contributed by atoms with Crippen molar-refractivity contribution in [2.24, 2.45) is 11.7 Å². The van der Waals surface area contributed by atoms with Gasteiger partial charge in [0.15, 0.2) is 0 Å². The molecule has 84 valence electrons. The zero-order valence-electron chi connectivity index (χ0n) is 9.37. The van der Waals surface area contributed by atoms with E-state index in [0.29, 0.717) is 0 Å². The fraction of sp³-hybridized carbons (Fsp3) is 1.00. The molecule has 0 aliphatic carbocycles. The standard InChI is InChI=1S/C11H24N2S/c1-14-9-8-13-6-2-4-11(10-12)5-3-7-13/h11H,2-10,12H2,1H3. The number of rotatable bonds is 4. The second-order valence-corrected chi connectivity index (χ2v) is 5.21. The van der Waals surface area contributed by atoms with E-state index in [9.17, 15) is 0 Å². The first kappa shape index (κ1) is 12.3. The van der Waals surface area contributed by atoms with E-state index in [2.05, 4.69) is 11.2 Å². The monoisotopic (exact) mass is 216 g/mol. The summed E-state index contributed by atoms with van der Waals surface area (Å²) in [6.07, 6.45) is 7.56. The van der Waals surface area contributed by atoms with E-state index in [-0.39, 0.29) is 0 Å². The van der Waals surface area contributed by atoms with Crippen LogP contribution in [0.1, 0.15) is 25.7 Å². The molecule has 1 aliphatic heterocycles. The second kappa shape index (κ2) is 7.55. The molecule has 0 unspecified atom stereocenters. The van der Waals surface area contributed by atoms with Crippen molar-refractivity contribution in [1.29, 1.82) is 0 Å². The van der Waals surface area contributed by atoms with Crippen molar-refractivity contribution in [3.8, 4) is 0 Å². The molecule has 1 saturated heterocycles. The van der Waals surface area contributed by atoms with Crippen molar-refractivity contribution >= 4 is 11.8 Å². The molecule has 0 bridgehead atoms. The van der Waals surface area contributed by atoms with Crippen molar-refractivity contribution in [3.63, 3.8) is 0 Å². The topological polar surface area (TPSA) is 29.3 Å². The number of likely N-dealkylation sites (tertiary alicyclic amines) is 1. The largest absolute Gasteiger partial charge is 0.330 e. The quantitative estimate of drug-likeness (QED) is 0.777. The van der Waals surface area contributed by atoms with E-state index < -0.39 is 0 Å². The summed E-state index contributed by atoms with van der Waals surface area (Å²) < 4.78 is 0. The Balaban J connectivity index is 2.18. The van der Waals surface area contributed by atoms with E-state index in [1.165, 1.54) is 51.1 Å². The van der Waals surface area contributed by atoms with Crippen LogP contribution >= 0.6 is 11.8 Å². The maximum atomic E-state index is 5.72. The molecule has 0 amide bonds. The van der Waals surface area contributed by atoms with Crippen LogP contribution in [0.25, 0.3) is 0 Å². The minimum absolute atomic E-state index is 0.803. The minimum Gasteiger partial charge on any atom is -0.330 e. The lowest BCUT2D eigenvalue weighted by atomic mass is 9.96. The van der Waals surface area contributed by atoms with Crippen molar-refractivity contribution in [2.45, 2.75) is 25.7 Å². The number of nitrogens with zero attached hydrogens (tertiary/aromatic N) is 1.